The summed E-state index contributed by atoms with van der Waals surface area (Å²) in [5.41, 5.74) is 1.77. The average molecular weight is 419 g/mol. The monoisotopic (exact) mass is 418 g/mol. The van der Waals surface area contributed by atoms with E-state index in [0.29, 0.717) is 13.1 Å². The number of sulfonamides is 1. The molecule has 1 saturated heterocycles. The van der Waals surface area contributed by atoms with Gasteiger partial charge in [0, 0.05) is 43.6 Å². The maximum Gasteiger partial charge on any atom is 0.294 e. The maximum atomic E-state index is 12.7. The third-order valence-corrected chi connectivity index (χ3v) is 7.15. The van der Waals surface area contributed by atoms with E-state index in [1.54, 1.807) is 13.8 Å². The summed E-state index contributed by atoms with van der Waals surface area (Å²) >= 11 is 0. The predicted molar refractivity (Wildman–Crippen MR) is 114 cm³/mol. The summed E-state index contributed by atoms with van der Waals surface area (Å²) in [7, 11) is -3.77. The minimum atomic E-state index is -3.77. The molecule has 1 fully saturated rings. The second-order valence-electron chi connectivity index (χ2n) is 6.89. The molecule has 0 bridgehead atoms. The van der Waals surface area contributed by atoms with Crippen molar-refractivity contribution in [1.82, 2.24) is 4.31 Å². The van der Waals surface area contributed by atoms with Crippen molar-refractivity contribution in [3.63, 3.8) is 0 Å². The Balaban J connectivity index is 1.92. The van der Waals surface area contributed by atoms with Crippen molar-refractivity contribution in [2.45, 2.75) is 31.6 Å². The Hall–Kier alpha value is -2.65. The van der Waals surface area contributed by atoms with Crippen LogP contribution in [0.1, 0.15) is 26.7 Å². The van der Waals surface area contributed by atoms with Crippen LogP contribution < -0.4 is 10.2 Å². The molecule has 2 aromatic rings. The molecule has 0 aromatic heterocycles. The van der Waals surface area contributed by atoms with Crippen molar-refractivity contribution in [2.24, 2.45) is 0 Å². The molecule has 9 heteroatoms. The fourth-order valence-electron chi connectivity index (χ4n) is 3.55. The molecule has 1 heterocycles. The van der Waals surface area contributed by atoms with Gasteiger partial charge in [0.2, 0.25) is 10.0 Å². The summed E-state index contributed by atoms with van der Waals surface area (Å²) in [6.45, 7) is 6.08. The highest BCUT2D eigenvalue weighted by Crippen LogP contribution is 2.32. The lowest BCUT2D eigenvalue weighted by Crippen LogP contribution is -2.30. The lowest BCUT2D eigenvalue weighted by molar-refractivity contribution is -0.384. The zero-order valence-corrected chi connectivity index (χ0v) is 17.5. The van der Waals surface area contributed by atoms with E-state index in [2.05, 4.69) is 10.2 Å². The molecule has 0 saturated carbocycles. The van der Waals surface area contributed by atoms with Crippen LogP contribution in [-0.4, -0.2) is 43.8 Å². The van der Waals surface area contributed by atoms with Gasteiger partial charge in [-0.15, -0.1) is 0 Å². The molecule has 1 aliphatic rings. The van der Waals surface area contributed by atoms with E-state index in [9.17, 15) is 18.5 Å². The topological polar surface area (TPSA) is 95.8 Å². The molecule has 1 aliphatic heterocycles. The molecule has 0 aliphatic carbocycles. The quantitative estimate of drug-likeness (QED) is 0.515. The number of nitro groups is 1. The van der Waals surface area contributed by atoms with E-state index in [4.69, 9.17) is 0 Å². The molecule has 3 rings (SSSR count). The number of anilines is 3. The standard InChI is InChI=1S/C20H26N4O4S/c1-3-23(4-2)29(27,28)18-10-11-19(20(15-18)24(25)26)21-16-8-7-9-17(14-16)22-12-5-6-13-22/h7-11,14-15,21H,3-6,12-13H2,1-2H3. The molecule has 0 radical (unpaired) electrons. The molecule has 2 aromatic carbocycles. The van der Waals surface area contributed by atoms with Gasteiger partial charge in [0.25, 0.3) is 5.69 Å². The fourth-order valence-corrected chi connectivity index (χ4v) is 5.03. The first-order valence-corrected chi connectivity index (χ1v) is 11.2. The van der Waals surface area contributed by atoms with Gasteiger partial charge in [0.1, 0.15) is 5.69 Å². The largest absolute Gasteiger partial charge is 0.371 e. The van der Waals surface area contributed by atoms with Crippen molar-refractivity contribution in [3.05, 3.63) is 52.6 Å². The molecule has 0 unspecified atom stereocenters. The number of nitrogens with one attached hydrogen (secondary N) is 1. The van der Waals surface area contributed by atoms with E-state index in [-0.39, 0.29) is 16.3 Å². The minimum Gasteiger partial charge on any atom is -0.371 e. The second kappa shape index (κ2) is 8.79. The highest BCUT2D eigenvalue weighted by molar-refractivity contribution is 7.89. The minimum absolute atomic E-state index is 0.0794. The lowest BCUT2D eigenvalue weighted by atomic mass is 10.2. The van der Waals surface area contributed by atoms with E-state index in [1.165, 1.54) is 16.4 Å². The number of hydrogen-bond acceptors (Lipinski definition) is 6. The summed E-state index contributed by atoms with van der Waals surface area (Å²) in [6.07, 6.45) is 2.32. The smallest absolute Gasteiger partial charge is 0.294 e. The van der Waals surface area contributed by atoms with Crippen molar-refractivity contribution >= 4 is 32.8 Å². The number of hydrogen-bond donors (Lipinski definition) is 1. The Labute approximate surface area is 171 Å². The zero-order chi connectivity index (χ0) is 21.0. The SMILES string of the molecule is CCN(CC)S(=O)(=O)c1ccc(Nc2cccc(N3CCCC3)c2)c([N+](=O)[O-])c1. The number of nitro benzene ring substituents is 1. The Morgan fingerprint density at radius 2 is 1.79 bits per heavy atom. The van der Waals surface area contributed by atoms with Crippen LogP contribution in [0.3, 0.4) is 0 Å². The average Bonchev–Trinajstić information content (AvgIpc) is 3.24. The zero-order valence-electron chi connectivity index (χ0n) is 16.7. The van der Waals surface area contributed by atoms with Gasteiger partial charge in [-0.3, -0.25) is 10.1 Å². The van der Waals surface area contributed by atoms with Crippen molar-refractivity contribution in [3.8, 4) is 0 Å². The highest BCUT2D eigenvalue weighted by Gasteiger charge is 2.26. The van der Waals surface area contributed by atoms with Gasteiger partial charge in [0.05, 0.1) is 9.82 Å². The first-order valence-electron chi connectivity index (χ1n) is 9.77. The summed E-state index contributed by atoms with van der Waals surface area (Å²) < 4.78 is 26.7. The Morgan fingerprint density at radius 1 is 1.10 bits per heavy atom. The summed E-state index contributed by atoms with van der Waals surface area (Å²) in [4.78, 5) is 13.3. The van der Waals surface area contributed by atoms with Crippen LogP contribution in [0.25, 0.3) is 0 Å². The molecule has 1 N–H and O–H groups in total. The van der Waals surface area contributed by atoms with Gasteiger partial charge in [-0.1, -0.05) is 19.9 Å². The van der Waals surface area contributed by atoms with E-state index in [1.807, 2.05) is 24.3 Å². The first-order chi connectivity index (χ1) is 13.9. The summed E-state index contributed by atoms with van der Waals surface area (Å²) in [5, 5.41) is 14.7. The van der Waals surface area contributed by atoms with Crippen LogP contribution >= 0.6 is 0 Å². The van der Waals surface area contributed by atoms with E-state index < -0.39 is 14.9 Å². The first kappa shape index (κ1) is 21.1. The molecular formula is C20H26N4O4S. The molecule has 156 valence electrons. The Morgan fingerprint density at radius 3 is 2.41 bits per heavy atom. The van der Waals surface area contributed by atoms with E-state index >= 15 is 0 Å². The third kappa shape index (κ3) is 4.51. The van der Waals surface area contributed by atoms with Crippen molar-refractivity contribution in [2.75, 3.05) is 36.4 Å². The van der Waals surface area contributed by atoms with Gasteiger partial charge in [-0.25, -0.2) is 8.42 Å². The fraction of sp³-hybridized carbons (Fsp3) is 0.400. The number of benzene rings is 2. The number of rotatable bonds is 8. The van der Waals surface area contributed by atoms with Gasteiger partial charge in [-0.2, -0.15) is 4.31 Å². The lowest BCUT2D eigenvalue weighted by Gasteiger charge is -2.19. The van der Waals surface area contributed by atoms with E-state index in [0.717, 1.165) is 43.4 Å². The molecule has 8 nitrogen and oxygen atoms in total. The van der Waals surface area contributed by atoms with Gasteiger partial charge in [0.15, 0.2) is 0 Å². The molecule has 0 spiro atoms. The molecule has 29 heavy (non-hydrogen) atoms. The van der Waals surface area contributed by atoms with Crippen LogP contribution in [0.4, 0.5) is 22.7 Å². The van der Waals surface area contributed by atoms with Crippen LogP contribution in [-0.2, 0) is 10.0 Å². The van der Waals surface area contributed by atoms with Gasteiger partial charge >= 0.3 is 0 Å². The van der Waals surface area contributed by atoms with Crippen LogP contribution in [0.15, 0.2) is 47.4 Å². The Kier molecular flexibility index (Phi) is 6.39. The molecule has 0 atom stereocenters. The summed E-state index contributed by atoms with van der Waals surface area (Å²) in [5.74, 6) is 0. The van der Waals surface area contributed by atoms with Gasteiger partial charge < -0.3 is 10.2 Å². The Bertz CT molecular complexity index is 984. The normalized spacial score (nSPS) is 14.4. The molecule has 0 amide bonds. The maximum absolute atomic E-state index is 12.7. The van der Waals surface area contributed by atoms with Crippen LogP contribution in [0, 0.1) is 10.1 Å². The van der Waals surface area contributed by atoms with Crippen molar-refractivity contribution in [1.29, 1.82) is 0 Å². The number of nitrogens with zero attached hydrogens (tertiary/aromatic N) is 3. The predicted octanol–water partition coefficient (Wildman–Crippen LogP) is 3.97. The summed E-state index contributed by atoms with van der Waals surface area (Å²) in [6, 6.07) is 11.7. The molecular weight excluding hydrogens is 392 g/mol. The van der Waals surface area contributed by atoms with Crippen LogP contribution in [0.2, 0.25) is 0 Å². The third-order valence-electron chi connectivity index (χ3n) is 5.11. The highest BCUT2D eigenvalue weighted by atomic mass is 32.2. The van der Waals surface area contributed by atoms with Crippen LogP contribution in [0.5, 0.6) is 0 Å². The second-order valence-corrected chi connectivity index (χ2v) is 8.83. The van der Waals surface area contributed by atoms with Crippen molar-refractivity contribution < 1.29 is 13.3 Å². The van der Waals surface area contributed by atoms with Gasteiger partial charge in [-0.05, 0) is 43.2 Å².